The van der Waals surface area contributed by atoms with Crippen molar-refractivity contribution in [2.45, 2.75) is 6.42 Å². The number of hydrogen-bond donors (Lipinski definition) is 3. The Morgan fingerprint density at radius 2 is 1.83 bits per heavy atom. The number of amides is 3. The largest absolute Gasteiger partial charge is 0.497 e. The molecule has 0 fully saturated rings. The van der Waals surface area contributed by atoms with E-state index in [9.17, 15) is 14.4 Å². The summed E-state index contributed by atoms with van der Waals surface area (Å²) in [5, 5.41) is 13.2. The van der Waals surface area contributed by atoms with E-state index in [0.717, 1.165) is 0 Å². The van der Waals surface area contributed by atoms with E-state index in [0.29, 0.717) is 11.4 Å². The molecule has 0 radical (unpaired) electrons. The molecule has 0 atom stereocenters. The van der Waals surface area contributed by atoms with Gasteiger partial charge in [0.15, 0.2) is 0 Å². The van der Waals surface area contributed by atoms with Crippen LogP contribution in [0.3, 0.4) is 0 Å². The number of carboxylic acids is 1. The van der Waals surface area contributed by atoms with Gasteiger partial charge < -0.3 is 15.2 Å². The van der Waals surface area contributed by atoms with Crippen LogP contribution in [-0.2, 0) is 9.59 Å². The van der Waals surface area contributed by atoms with Crippen molar-refractivity contribution in [1.82, 2.24) is 10.2 Å². The number of halogens is 1. The van der Waals surface area contributed by atoms with Crippen molar-refractivity contribution in [3.05, 3.63) is 24.3 Å². The molecule has 0 aliphatic carbocycles. The molecular weight excluding hydrogens is 326 g/mol. The van der Waals surface area contributed by atoms with Crippen LogP contribution in [0, 0.1) is 0 Å². The SMILES string of the molecule is COc1ccc(NC(=O)NC(=O)CN(C)CCC(=O)O)cc1.Cl. The summed E-state index contributed by atoms with van der Waals surface area (Å²) in [7, 11) is 3.14. The zero-order chi connectivity index (χ0) is 16.5. The first kappa shape index (κ1) is 20.7. The van der Waals surface area contributed by atoms with E-state index in [4.69, 9.17) is 9.84 Å². The normalized spacial score (nSPS) is 9.70. The first-order valence-electron chi connectivity index (χ1n) is 6.56. The van der Waals surface area contributed by atoms with Gasteiger partial charge in [0.05, 0.1) is 20.1 Å². The van der Waals surface area contributed by atoms with Gasteiger partial charge in [0.1, 0.15) is 5.75 Å². The van der Waals surface area contributed by atoms with Gasteiger partial charge in [-0.3, -0.25) is 19.8 Å². The fraction of sp³-hybridized carbons (Fsp3) is 0.357. The smallest absolute Gasteiger partial charge is 0.325 e. The monoisotopic (exact) mass is 345 g/mol. The van der Waals surface area contributed by atoms with Crippen molar-refractivity contribution in [3.63, 3.8) is 0 Å². The van der Waals surface area contributed by atoms with Gasteiger partial charge in [0, 0.05) is 12.2 Å². The Balaban J connectivity index is 0.00000484. The van der Waals surface area contributed by atoms with Crippen molar-refractivity contribution < 1.29 is 24.2 Å². The van der Waals surface area contributed by atoms with Crippen LogP contribution in [-0.4, -0.2) is 55.2 Å². The van der Waals surface area contributed by atoms with E-state index < -0.39 is 17.9 Å². The third-order valence-corrected chi connectivity index (χ3v) is 2.72. The number of ether oxygens (including phenoxy) is 1. The average molecular weight is 346 g/mol. The molecular formula is C14H20ClN3O5. The molecule has 3 N–H and O–H groups in total. The molecule has 9 heteroatoms. The van der Waals surface area contributed by atoms with Gasteiger partial charge in [-0.25, -0.2) is 4.79 Å². The molecule has 0 unspecified atom stereocenters. The topological polar surface area (TPSA) is 108 Å². The number of carbonyl (C=O) groups is 3. The van der Waals surface area contributed by atoms with Gasteiger partial charge in [0.2, 0.25) is 5.91 Å². The number of benzene rings is 1. The molecule has 0 aromatic heterocycles. The molecule has 3 amide bonds. The highest BCUT2D eigenvalue weighted by atomic mass is 35.5. The lowest BCUT2D eigenvalue weighted by molar-refractivity contribution is -0.137. The highest BCUT2D eigenvalue weighted by molar-refractivity contribution is 6.01. The lowest BCUT2D eigenvalue weighted by Crippen LogP contribution is -2.41. The van der Waals surface area contributed by atoms with Crippen molar-refractivity contribution in [3.8, 4) is 5.75 Å². The fourth-order valence-electron chi connectivity index (χ4n) is 1.61. The number of hydrogen-bond acceptors (Lipinski definition) is 5. The van der Waals surface area contributed by atoms with Crippen LogP contribution in [0.1, 0.15) is 6.42 Å². The molecule has 0 aliphatic heterocycles. The van der Waals surface area contributed by atoms with Gasteiger partial charge >= 0.3 is 12.0 Å². The van der Waals surface area contributed by atoms with Crippen LogP contribution in [0.25, 0.3) is 0 Å². The lowest BCUT2D eigenvalue weighted by Gasteiger charge is -2.14. The van der Waals surface area contributed by atoms with E-state index in [1.54, 1.807) is 31.3 Å². The summed E-state index contributed by atoms with van der Waals surface area (Å²) < 4.78 is 4.99. The Morgan fingerprint density at radius 1 is 1.22 bits per heavy atom. The third-order valence-electron chi connectivity index (χ3n) is 2.72. The Morgan fingerprint density at radius 3 is 2.35 bits per heavy atom. The van der Waals surface area contributed by atoms with Gasteiger partial charge in [-0.1, -0.05) is 0 Å². The summed E-state index contributed by atoms with van der Waals surface area (Å²) in [5.74, 6) is -0.800. The number of rotatable bonds is 7. The van der Waals surface area contributed by atoms with Crippen LogP contribution in [0.5, 0.6) is 5.75 Å². The van der Waals surface area contributed by atoms with Crippen LogP contribution in [0.4, 0.5) is 10.5 Å². The summed E-state index contributed by atoms with van der Waals surface area (Å²) in [6.07, 6.45) is -0.0676. The maximum atomic E-state index is 11.6. The molecule has 0 saturated heterocycles. The van der Waals surface area contributed by atoms with Crippen LogP contribution >= 0.6 is 12.4 Å². The number of likely N-dealkylation sites (N-methyl/N-ethyl adjacent to an activating group) is 1. The molecule has 0 heterocycles. The summed E-state index contributed by atoms with van der Waals surface area (Å²) in [6, 6.07) is 5.99. The molecule has 128 valence electrons. The summed E-state index contributed by atoms with van der Waals surface area (Å²) in [6.45, 7) is 0.159. The van der Waals surface area contributed by atoms with Gasteiger partial charge in [-0.05, 0) is 31.3 Å². The van der Waals surface area contributed by atoms with Crippen molar-refractivity contribution >= 4 is 36.0 Å². The second kappa shape index (κ2) is 10.4. The molecule has 0 bridgehead atoms. The predicted octanol–water partition coefficient (Wildman–Crippen LogP) is 1.17. The standard InChI is InChI=1S/C14H19N3O5.ClH/c1-17(8-7-13(19)20)9-12(18)16-14(21)15-10-3-5-11(22-2)6-4-10;/h3-6H,7-9H2,1-2H3,(H,19,20)(H2,15,16,18,21);1H. The molecule has 0 aliphatic rings. The van der Waals surface area contributed by atoms with Crippen molar-refractivity contribution in [1.29, 1.82) is 0 Å². The first-order chi connectivity index (χ1) is 10.4. The highest BCUT2D eigenvalue weighted by Gasteiger charge is 2.11. The molecule has 0 spiro atoms. The minimum atomic E-state index is -0.940. The number of anilines is 1. The molecule has 1 aromatic rings. The predicted molar refractivity (Wildman–Crippen MR) is 87.2 cm³/mol. The number of nitrogens with zero attached hydrogens (tertiary/aromatic N) is 1. The summed E-state index contributed by atoms with van der Waals surface area (Å²) >= 11 is 0. The molecule has 1 aromatic carbocycles. The van der Waals surface area contributed by atoms with Crippen molar-refractivity contribution in [2.75, 3.05) is 32.6 Å². The quantitative estimate of drug-likeness (QED) is 0.684. The Kier molecular flexibility index (Phi) is 9.36. The van der Waals surface area contributed by atoms with E-state index in [2.05, 4.69) is 10.6 Å². The van der Waals surface area contributed by atoms with Crippen LogP contribution in [0.15, 0.2) is 24.3 Å². The van der Waals surface area contributed by atoms with Gasteiger partial charge in [-0.15, -0.1) is 12.4 Å². The maximum Gasteiger partial charge on any atom is 0.325 e. The molecule has 1 rings (SSSR count). The van der Waals surface area contributed by atoms with Crippen LogP contribution < -0.4 is 15.4 Å². The van der Waals surface area contributed by atoms with E-state index >= 15 is 0 Å². The highest BCUT2D eigenvalue weighted by Crippen LogP contribution is 2.14. The second-order valence-electron chi connectivity index (χ2n) is 4.61. The van der Waals surface area contributed by atoms with E-state index in [-0.39, 0.29) is 31.9 Å². The number of carbonyl (C=O) groups excluding carboxylic acids is 2. The lowest BCUT2D eigenvalue weighted by atomic mass is 10.3. The molecule has 8 nitrogen and oxygen atoms in total. The number of methoxy groups -OCH3 is 1. The first-order valence-corrected chi connectivity index (χ1v) is 6.56. The zero-order valence-electron chi connectivity index (χ0n) is 12.9. The third kappa shape index (κ3) is 8.64. The summed E-state index contributed by atoms with van der Waals surface area (Å²) in [5.41, 5.74) is 0.519. The number of carboxylic acid groups (broad SMARTS) is 1. The van der Waals surface area contributed by atoms with Crippen molar-refractivity contribution in [2.24, 2.45) is 0 Å². The number of aliphatic carboxylic acids is 1. The minimum absolute atomic E-state index is 0. The fourth-order valence-corrected chi connectivity index (χ4v) is 1.61. The maximum absolute atomic E-state index is 11.6. The molecule has 0 saturated carbocycles. The van der Waals surface area contributed by atoms with Crippen LogP contribution in [0.2, 0.25) is 0 Å². The zero-order valence-corrected chi connectivity index (χ0v) is 13.7. The Hall–Kier alpha value is -2.32. The Bertz CT molecular complexity index is 536. The second-order valence-corrected chi connectivity index (χ2v) is 4.61. The van der Waals surface area contributed by atoms with Gasteiger partial charge in [0.25, 0.3) is 0 Å². The minimum Gasteiger partial charge on any atom is -0.497 e. The number of urea groups is 1. The number of imide groups is 1. The van der Waals surface area contributed by atoms with E-state index in [1.807, 2.05) is 0 Å². The number of nitrogens with one attached hydrogen (secondary N) is 2. The molecule has 23 heavy (non-hydrogen) atoms. The van der Waals surface area contributed by atoms with E-state index in [1.165, 1.54) is 12.0 Å². The van der Waals surface area contributed by atoms with Gasteiger partial charge in [-0.2, -0.15) is 0 Å². The Labute approximate surface area is 140 Å². The average Bonchev–Trinajstić information content (AvgIpc) is 2.45. The summed E-state index contributed by atoms with van der Waals surface area (Å²) in [4.78, 5) is 35.2.